The highest BCUT2D eigenvalue weighted by Crippen LogP contribution is 2.33. The first-order valence-corrected chi connectivity index (χ1v) is 3.74. The van der Waals surface area contributed by atoms with Crippen molar-refractivity contribution in [2.45, 2.75) is 0 Å². The summed E-state index contributed by atoms with van der Waals surface area (Å²) in [7, 11) is 0. The second-order valence-electron chi connectivity index (χ2n) is 2.12. The number of benzene rings is 1. The molecule has 64 valence electrons. The Morgan fingerprint density at radius 1 is 1.58 bits per heavy atom. The fourth-order valence-corrected chi connectivity index (χ4v) is 1.13. The highest BCUT2D eigenvalue weighted by atomic mass is 79.9. The summed E-state index contributed by atoms with van der Waals surface area (Å²) in [6.07, 6.45) is 0. The Labute approximate surface area is 76.1 Å². The molecular formula is C6H5BrN2O3. The Morgan fingerprint density at radius 2 is 2.17 bits per heavy atom. The maximum Gasteiger partial charge on any atom is 0.274 e. The van der Waals surface area contributed by atoms with Crippen molar-refractivity contribution < 1.29 is 10.0 Å². The molecule has 0 aliphatic heterocycles. The molecule has 0 amide bonds. The van der Waals surface area contributed by atoms with E-state index < -0.39 is 4.92 Å². The molecule has 3 N–H and O–H groups in total. The number of nitrogens with zero attached hydrogens (tertiary/aromatic N) is 1. The summed E-state index contributed by atoms with van der Waals surface area (Å²) in [5, 5.41) is 19.3. The lowest BCUT2D eigenvalue weighted by Crippen LogP contribution is -1.92. The van der Waals surface area contributed by atoms with Crippen molar-refractivity contribution in [1.82, 2.24) is 0 Å². The Hall–Kier alpha value is -1.30. The van der Waals surface area contributed by atoms with Crippen LogP contribution in [-0.2, 0) is 0 Å². The zero-order valence-electron chi connectivity index (χ0n) is 5.82. The molecule has 0 spiro atoms. The number of phenolic OH excluding ortho intramolecular Hbond substituents is 1. The number of non-ortho nitro benzene ring substituents is 1. The molecule has 5 nitrogen and oxygen atoms in total. The number of nitro groups is 1. The van der Waals surface area contributed by atoms with Crippen LogP contribution in [0.1, 0.15) is 0 Å². The number of nitro benzene ring substituents is 1. The minimum absolute atomic E-state index is 0.0978. The van der Waals surface area contributed by atoms with Crippen LogP contribution in [0, 0.1) is 10.1 Å². The van der Waals surface area contributed by atoms with Gasteiger partial charge >= 0.3 is 0 Å². The summed E-state index contributed by atoms with van der Waals surface area (Å²) < 4.78 is 0.314. The number of halogens is 1. The second kappa shape index (κ2) is 2.98. The molecule has 12 heavy (non-hydrogen) atoms. The zero-order chi connectivity index (χ0) is 9.30. The van der Waals surface area contributed by atoms with Gasteiger partial charge in [-0.3, -0.25) is 10.1 Å². The van der Waals surface area contributed by atoms with Gasteiger partial charge in [-0.15, -0.1) is 0 Å². The summed E-state index contributed by atoms with van der Waals surface area (Å²) in [6, 6.07) is 2.23. The van der Waals surface area contributed by atoms with Crippen LogP contribution < -0.4 is 5.73 Å². The lowest BCUT2D eigenvalue weighted by atomic mass is 10.2. The van der Waals surface area contributed by atoms with Crippen LogP contribution in [0.4, 0.5) is 11.4 Å². The number of anilines is 1. The highest BCUT2D eigenvalue weighted by Gasteiger charge is 2.11. The molecular weight excluding hydrogens is 228 g/mol. The SMILES string of the molecule is Nc1c(O)cc([N+](=O)[O-])cc1Br. The number of nitrogen functional groups attached to an aromatic ring is 1. The smallest absolute Gasteiger partial charge is 0.274 e. The molecule has 0 saturated heterocycles. The maximum absolute atomic E-state index is 10.2. The summed E-state index contributed by atoms with van der Waals surface area (Å²) in [5.41, 5.74) is 5.23. The number of rotatable bonds is 1. The van der Waals surface area contributed by atoms with Gasteiger partial charge in [0.2, 0.25) is 0 Å². The molecule has 0 unspecified atom stereocenters. The van der Waals surface area contributed by atoms with Gasteiger partial charge in [-0.25, -0.2) is 0 Å². The summed E-state index contributed by atoms with van der Waals surface area (Å²) in [4.78, 5) is 9.64. The third-order valence-corrected chi connectivity index (χ3v) is 1.96. The minimum atomic E-state index is -0.607. The molecule has 0 aromatic heterocycles. The standard InChI is InChI=1S/C6H5BrN2O3/c7-4-1-3(9(11)12)2-5(10)6(4)8/h1-2,10H,8H2. The van der Waals surface area contributed by atoms with Gasteiger partial charge in [0.1, 0.15) is 5.75 Å². The van der Waals surface area contributed by atoms with Gasteiger partial charge in [-0.05, 0) is 15.9 Å². The van der Waals surface area contributed by atoms with E-state index in [2.05, 4.69) is 15.9 Å². The fourth-order valence-electron chi connectivity index (χ4n) is 0.695. The Morgan fingerprint density at radius 3 is 2.58 bits per heavy atom. The number of aromatic hydroxyl groups is 1. The molecule has 1 aromatic rings. The quantitative estimate of drug-likeness (QED) is 0.334. The lowest BCUT2D eigenvalue weighted by Gasteiger charge is -2.00. The molecule has 0 atom stereocenters. The van der Waals surface area contributed by atoms with Crippen molar-refractivity contribution in [3.8, 4) is 5.75 Å². The highest BCUT2D eigenvalue weighted by molar-refractivity contribution is 9.10. The van der Waals surface area contributed by atoms with E-state index in [-0.39, 0.29) is 17.1 Å². The van der Waals surface area contributed by atoms with Crippen molar-refractivity contribution in [3.63, 3.8) is 0 Å². The average molecular weight is 233 g/mol. The largest absolute Gasteiger partial charge is 0.505 e. The topological polar surface area (TPSA) is 89.4 Å². The van der Waals surface area contributed by atoms with Gasteiger partial charge in [-0.2, -0.15) is 0 Å². The molecule has 0 aliphatic carbocycles. The first-order valence-electron chi connectivity index (χ1n) is 2.94. The van der Waals surface area contributed by atoms with Gasteiger partial charge < -0.3 is 10.8 Å². The maximum atomic E-state index is 10.2. The summed E-state index contributed by atoms with van der Waals surface area (Å²) in [6.45, 7) is 0. The lowest BCUT2D eigenvalue weighted by molar-refractivity contribution is -0.385. The van der Waals surface area contributed by atoms with Crippen LogP contribution in [0.2, 0.25) is 0 Å². The Bertz CT molecular complexity index is 317. The van der Waals surface area contributed by atoms with Gasteiger partial charge in [0, 0.05) is 6.07 Å². The van der Waals surface area contributed by atoms with E-state index in [0.29, 0.717) is 4.47 Å². The first-order chi connectivity index (χ1) is 5.52. The van der Waals surface area contributed by atoms with E-state index in [1.165, 1.54) is 6.07 Å². The molecule has 0 radical (unpaired) electrons. The second-order valence-corrected chi connectivity index (χ2v) is 2.97. The van der Waals surface area contributed by atoms with Crippen LogP contribution in [-0.4, -0.2) is 10.0 Å². The van der Waals surface area contributed by atoms with Crippen LogP contribution in [0.5, 0.6) is 5.75 Å². The predicted octanol–water partition coefficient (Wildman–Crippen LogP) is 1.65. The van der Waals surface area contributed by atoms with Crippen LogP contribution in [0.25, 0.3) is 0 Å². The summed E-state index contributed by atoms with van der Waals surface area (Å²) >= 11 is 2.98. The number of hydrogen-bond donors (Lipinski definition) is 2. The molecule has 1 rings (SSSR count). The third-order valence-electron chi connectivity index (χ3n) is 1.30. The van der Waals surface area contributed by atoms with Gasteiger partial charge in [-0.1, -0.05) is 0 Å². The zero-order valence-corrected chi connectivity index (χ0v) is 7.41. The predicted molar refractivity (Wildman–Crippen MR) is 46.9 cm³/mol. The Balaban J connectivity index is 3.31. The van der Waals surface area contributed by atoms with E-state index in [1.54, 1.807) is 0 Å². The molecule has 0 saturated carbocycles. The monoisotopic (exact) mass is 232 g/mol. The molecule has 0 heterocycles. The van der Waals surface area contributed by atoms with Crippen molar-refractivity contribution in [2.75, 3.05) is 5.73 Å². The van der Waals surface area contributed by atoms with Crippen LogP contribution in [0.15, 0.2) is 16.6 Å². The van der Waals surface area contributed by atoms with E-state index in [9.17, 15) is 10.1 Å². The van der Waals surface area contributed by atoms with Crippen molar-refractivity contribution in [2.24, 2.45) is 0 Å². The van der Waals surface area contributed by atoms with Gasteiger partial charge in [0.15, 0.2) is 0 Å². The summed E-state index contributed by atoms with van der Waals surface area (Å²) in [5.74, 6) is -0.295. The molecule has 1 aromatic carbocycles. The van der Waals surface area contributed by atoms with E-state index >= 15 is 0 Å². The van der Waals surface area contributed by atoms with E-state index in [4.69, 9.17) is 10.8 Å². The van der Waals surface area contributed by atoms with Crippen molar-refractivity contribution >= 4 is 27.3 Å². The third kappa shape index (κ3) is 1.48. The molecule has 0 fully saturated rings. The molecule has 0 bridgehead atoms. The number of phenols is 1. The van der Waals surface area contributed by atoms with Crippen LogP contribution in [0.3, 0.4) is 0 Å². The van der Waals surface area contributed by atoms with Crippen LogP contribution >= 0.6 is 15.9 Å². The Kier molecular flexibility index (Phi) is 2.18. The minimum Gasteiger partial charge on any atom is -0.505 e. The number of nitrogens with two attached hydrogens (primary N) is 1. The molecule has 6 heteroatoms. The van der Waals surface area contributed by atoms with E-state index in [0.717, 1.165) is 6.07 Å². The van der Waals surface area contributed by atoms with Gasteiger partial charge in [0.25, 0.3) is 5.69 Å². The van der Waals surface area contributed by atoms with E-state index in [1.807, 2.05) is 0 Å². The van der Waals surface area contributed by atoms with Crippen molar-refractivity contribution in [3.05, 3.63) is 26.7 Å². The normalized spacial score (nSPS) is 9.75. The first kappa shape index (κ1) is 8.79. The number of hydrogen-bond acceptors (Lipinski definition) is 4. The fraction of sp³-hybridized carbons (Fsp3) is 0. The van der Waals surface area contributed by atoms with Crippen molar-refractivity contribution in [1.29, 1.82) is 0 Å². The molecule has 0 aliphatic rings. The average Bonchev–Trinajstić information content (AvgIpc) is 1.99. The van der Waals surface area contributed by atoms with Gasteiger partial charge in [0.05, 0.1) is 21.1 Å².